The molecule has 16 heavy (non-hydrogen) atoms. The standard InChI is InChI=1S/C12H8IN3/c13-9-4-2-1-3-8(9)12-15-10-5-6-14-7-11(10)16-12/h1-7H,(H,15,16). The Labute approximate surface area is 106 Å². The first-order valence-corrected chi connectivity index (χ1v) is 5.97. The lowest BCUT2D eigenvalue weighted by molar-refractivity contribution is 1.32. The van der Waals surface area contributed by atoms with Crippen molar-refractivity contribution in [3.05, 3.63) is 46.3 Å². The van der Waals surface area contributed by atoms with E-state index >= 15 is 0 Å². The molecule has 4 heteroatoms. The monoisotopic (exact) mass is 321 g/mol. The topological polar surface area (TPSA) is 41.6 Å². The van der Waals surface area contributed by atoms with Gasteiger partial charge in [-0.15, -0.1) is 0 Å². The van der Waals surface area contributed by atoms with Crippen LogP contribution in [-0.2, 0) is 0 Å². The Bertz CT molecular complexity index is 612. The van der Waals surface area contributed by atoms with E-state index < -0.39 is 0 Å². The third kappa shape index (κ3) is 1.59. The van der Waals surface area contributed by atoms with Gasteiger partial charge in [-0.3, -0.25) is 4.98 Å². The zero-order valence-corrected chi connectivity index (χ0v) is 10.5. The molecule has 0 radical (unpaired) electrons. The molecule has 1 N–H and O–H groups in total. The van der Waals surface area contributed by atoms with Crippen LogP contribution in [0.1, 0.15) is 0 Å². The summed E-state index contributed by atoms with van der Waals surface area (Å²) < 4.78 is 1.19. The summed E-state index contributed by atoms with van der Waals surface area (Å²) in [5.74, 6) is 0.896. The Balaban J connectivity index is 2.23. The van der Waals surface area contributed by atoms with Gasteiger partial charge in [0.2, 0.25) is 0 Å². The van der Waals surface area contributed by atoms with E-state index in [1.807, 2.05) is 18.2 Å². The first kappa shape index (κ1) is 9.77. The summed E-state index contributed by atoms with van der Waals surface area (Å²) in [6.07, 6.45) is 3.55. The molecule has 3 nitrogen and oxygen atoms in total. The highest BCUT2D eigenvalue weighted by Gasteiger charge is 2.07. The number of aromatic nitrogens is 3. The molecule has 1 aromatic carbocycles. The summed E-state index contributed by atoms with van der Waals surface area (Å²) in [6, 6.07) is 10.1. The van der Waals surface area contributed by atoms with E-state index in [1.165, 1.54) is 3.57 Å². The second kappa shape index (κ2) is 3.86. The first-order chi connectivity index (χ1) is 7.84. The maximum absolute atomic E-state index is 4.54. The van der Waals surface area contributed by atoms with Crippen LogP contribution in [-0.4, -0.2) is 15.0 Å². The maximum Gasteiger partial charge on any atom is 0.139 e. The van der Waals surface area contributed by atoms with Gasteiger partial charge < -0.3 is 4.98 Å². The molecule has 0 fully saturated rings. The zero-order chi connectivity index (χ0) is 11.0. The summed E-state index contributed by atoms with van der Waals surface area (Å²) in [5.41, 5.74) is 3.04. The molecule has 2 aromatic heterocycles. The van der Waals surface area contributed by atoms with Crippen molar-refractivity contribution in [2.75, 3.05) is 0 Å². The van der Waals surface area contributed by atoms with Crippen molar-refractivity contribution >= 4 is 33.6 Å². The van der Waals surface area contributed by atoms with Gasteiger partial charge >= 0.3 is 0 Å². The first-order valence-electron chi connectivity index (χ1n) is 4.89. The van der Waals surface area contributed by atoms with Gasteiger partial charge in [-0.25, -0.2) is 4.98 Å². The van der Waals surface area contributed by atoms with Crippen molar-refractivity contribution in [3.63, 3.8) is 0 Å². The summed E-state index contributed by atoms with van der Waals surface area (Å²) in [5, 5.41) is 0. The van der Waals surface area contributed by atoms with E-state index in [4.69, 9.17) is 0 Å². The maximum atomic E-state index is 4.54. The molecule has 0 bridgehead atoms. The summed E-state index contributed by atoms with van der Waals surface area (Å²) in [4.78, 5) is 11.9. The predicted molar refractivity (Wildman–Crippen MR) is 72.0 cm³/mol. The van der Waals surface area contributed by atoms with E-state index in [-0.39, 0.29) is 0 Å². The number of pyridine rings is 1. The highest BCUT2D eigenvalue weighted by Crippen LogP contribution is 2.24. The average molecular weight is 321 g/mol. The van der Waals surface area contributed by atoms with Gasteiger partial charge in [0.15, 0.2) is 0 Å². The number of nitrogens with one attached hydrogen (secondary N) is 1. The fourth-order valence-corrected chi connectivity index (χ4v) is 2.28. The Hall–Kier alpha value is -1.43. The number of aromatic amines is 1. The van der Waals surface area contributed by atoms with Crippen LogP contribution in [0.3, 0.4) is 0 Å². The number of fused-ring (bicyclic) bond motifs is 1. The van der Waals surface area contributed by atoms with Gasteiger partial charge in [0.05, 0.1) is 17.2 Å². The minimum Gasteiger partial charge on any atom is -0.337 e. The molecule has 2 heterocycles. The Morgan fingerprint density at radius 3 is 2.81 bits per heavy atom. The third-order valence-electron chi connectivity index (χ3n) is 2.41. The Morgan fingerprint density at radius 1 is 1.12 bits per heavy atom. The van der Waals surface area contributed by atoms with Gasteiger partial charge in [0.25, 0.3) is 0 Å². The van der Waals surface area contributed by atoms with Crippen molar-refractivity contribution in [1.82, 2.24) is 15.0 Å². The predicted octanol–water partition coefficient (Wildman–Crippen LogP) is 3.23. The third-order valence-corrected chi connectivity index (χ3v) is 3.35. The average Bonchev–Trinajstić information content (AvgIpc) is 2.73. The van der Waals surface area contributed by atoms with Crippen LogP contribution in [0.2, 0.25) is 0 Å². The molecule has 0 saturated heterocycles. The van der Waals surface area contributed by atoms with E-state index in [2.05, 4.69) is 49.7 Å². The zero-order valence-electron chi connectivity index (χ0n) is 8.31. The van der Waals surface area contributed by atoms with Gasteiger partial charge in [-0.05, 0) is 34.7 Å². The highest BCUT2D eigenvalue weighted by molar-refractivity contribution is 14.1. The highest BCUT2D eigenvalue weighted by atomic mass is 127. The van der Waals surface area contributed by atoms with Gasteiger partial charge in [0, 0.05) is 15.3 Å². The van der Waals surface area contributed by atoms with Crippen molar-refractivity contribution in [1.29, 1.82) is 0 Å². The summed E-state index contributed by atoms with van der Waals surface area (Å²) in [6.45, 7) is 0. The second-order valence-electron chi connectivity index (χ2n) is 3.46. The molecule has 0 amide bonds. The van der Waals surface area contributed by atoms with Crippen molar-refractivity contribution in [2.24, 2.45) is 0 Å². The van der Waals surface area contributed by atoms with Crippen LogP contribution >= 0.6 is 22.6 Å². The van der Waals surface area contributed by atoms with E-state index in [9.17, 15) is 0 Å². The second-order valence-corrected chi connectivity index (χ2v) is 4.62. The Morgan fingerprint density at radius 2 is 2.00 bits per heavy atom. The van der Waals surface area contributed by atoms with Crippen molar-refractivity contribution < 1.29 is 0 Å². The molecule has 0 atom stereocenters. The van der Waals surface area contributed by atoms with Crippen LogP contribution < -0.4 is 0 Å². The Kier molecular flexibility index (Phi) is 2.36. The molecule has 3 rings (SSSR count). The quantitative estimate of drug-likeness (QED) is 0.699. The SMILES string of the molecule is Ic1ccccc1-c1nc2ccncc2[nH]1. The van der Waals surface area contributed by atoms with E-state index in [1.54, 1.807) is 12.4 Å². The largest absolute Gasteiger partial charge is 0.337 e. The van der Waals surface area contributed by atoms with Crippen LogP contribution in [0.15, 0.2) is 42.7 Å². The van der Waals surface area contributed by atoms with E-state index in [0.29, 0.717) is 0 Å². The van der Waals surface area contributed by atoms with Crippen LogP contribution in [0.25, 0.3) is 22.4 Å². The number of rotatable bonds is 1. The molecule has 0 saturated carbocycles. The number of hydrogen-bond acceptors (Lipinski definition) is 2. The minimum absolute atomic E-state index is 0.896. The molecule has 78 valence electrons. The molecule has 0 aliphatic heterocycles. The van der Waals surface area contributed by atoms with Crippen molar-refractivity contribution in [2.45, 2.75) is 0 Å². The smallest absolute Gasteiger partial charge is 0.139 e. The number of halogens is 1. The lowest BCUT2D eigenvalue weighted by atomic mass is 10.2. The summed E-state index contributed by atoms with van der Waals surface area (Å²) in [7, 11) is 0. The lowest BCUT2D eigenvalue weighted by Gasteiger charge is -1.98. The van der Waals surface area contributed by atoms with Gasteiger partial charge in [-0.1, -0.05) is 18.2 Å². The number of benzene rings is 1. The van der Waals surface area contributed by atoms with E-state index in [0.717, 1.165) is 22.4 Å². The molecule has 3 aromatic rings. The normalized spacial score (nSPS) is 10.8. The molecular weight excluding hydrogens is 313 g/mol. The van der Waals surface area contributed by atoms with Crippen molar-refractivity contribution in [3.8, 4) is 11.4 Å². The number of imidazole rings is 1. The molecular formula is C12H8IN3. The number of nitrogens with zero attached hydrogens (tertiary/aromatic N) is 2. The van der Waals surface area contributed by atoms with Crippen LogP contribution in [0, 0.1) is 3.57 Å². The number of hydrogen-bond donors (Lipinski definition) is 1. The van der Waals surface area contributed by atoms with Gasteiger partial charge in [-0.2, -0.15) is 0 Å². The van der Waals surface area contributed by atoms with Crippen LogP contribution in [0.4, 0.5) is 0 Å². The molecule has 0 spiro atoms. The van der Waals surface area contributed by atoms with Gasteiger partial charge in [0.1, 0.15) is 5.82 Å². The minimum atomic E-state index is 0.896. The fourth-order valence-electron chi connectivity index (χ4n) is 1.64. The molecule has 0 aliphatic carbocycles. The molecule has 0 aliphatic rings. The lowest BCUT2D eigenvalue weighted by Crippen LogP contribution is -1.83. The number of H-pyrrole nitrogens is 1. The summed E-state index contributed by atoms with van der Waals surface area (Å²) >= 11 is 2.31. The molecule has 0 unspecified atom stereocenters. The fraction of sp³-hybridized carbons (Fsp3) is 0. The van der Waals surface area contributed by atoms with Crippen LogP contribution in [0.5, 0.6) is 0 Å².